The van der Waals surface area contributed by atoms with E-state index in [1.807, 2.05) is 0 Å². The van der Waals surface area contributed by atoms with E-state index in [1.165, 1.54) is 27.2 Å². The molecule has 1 aromatic carbocycles. The third kappa shape index (κ3) is 4.33. The summed E-state index contributed by atoms with van der Waals surface area (Å²) in [5, 5.41) is 2.74. The van der Waals surface area contributed by atoms with Crippen LogP contribution < -0.4 is 5.32 Å². The number of benzene rings is 1. The largest absolute Gasteiger partial charge is 0.347 e. The molecule has 3 heterocycles. The smallest absolute Gasteiger partial charge is 0.268 e. The second kappa shape index (κ2) is 8.87. The molecule has 1 aliphatic rings. The van der Waals surface area contributed by atoms with Crippen molar-refractivity contribution in [2.75, 3.05) is 13.1 Å². The van der Waals surface area contributed by atoms with Gasteiger partial charge in [0.1, 0.15) is 22.2 Å². The third-order valence-electron chi connectivity index (χ3n) is 5.72. The molecular weight excluding hydrogens is 433 g/mol. The highest BCUT2D eigenvalue weighted by Crippen LogP contribution is 2.22. The van der Waals surface area contributed by atoms with E-state index in [4.69, 9.17) is 0 Å². The summed E-state index contributed by atoms with van der Waals surface area (Å²) in [5.41, 5.74) is 1.20. The molecule has 0 radical (unpaired) electrons. The van der Waals surface area contributed by atoms with Gasteiger partial charge in [0.15, 0.2) is 0 Å². The second-order valence-electron chi connectivity index (χ2n) is 7.95. The molecule has 170 valence electrons. The zero-order valence-electron chi connectivity index (χ0n) is 18.1. The molecule has 32 heavy (non-hydrogen) atoms. The molecular formula is C22H26FN5O3S. The van der Waals surface area contributed by atoms with Crippen molar-refractivity contribution >= 4 is 15.9 Å². The Morgan fingerprint density at radius 3 is 2.59 bits per heavy atom. The van der Waals surface area contributed by atoms with Crippen LogP contribution >= 0.6 is 0 Å². The first kappa shape index (κ1) is 22.2. The van der Waals surface area contributed by atoms with Crippen molar-refractivity contribution in [3.63, 3.8) is 0 Å². The van der Waals surface area contributed by atoms with Crippen molar-refractivity contribution in [3.05, 3.63) is 65.8 Å². The molecule has 3 aromatic rings. The van der Waals surface area contributed by atoms with E-state index >= 15 is 0 Å². The first-order valence-corrected chi connectivity index (χ1v) is 11.9. The highest BCUT2D eigenvalue weighted by molar-refractivity contribution is 7.89. The fraction of sp³-hybridized carbons (Fsp3) is 0.364. The number of halogens is 1. The van der Waals surface area contributed by atoms with Gasteiger partial charge in [-0.25, -0.2) is 17.8 Å². The molecule has 0 bridgehead atoms. The molecule has 0 atom stereocenters. The summed E-state index contributed by atoms with van der Waals surface area (Å²) in [7, 11) is -1.99. The monoisotopic (exact) mass is 459 g/mol. The predicted molar refractivity (Wildman–Crippen MR) is 117 cm³/mol. The normalized spacial score (nSPS) is 15.1. The van der Waals surface area contributed by atoms with Crippen molar-refractivity contribution < 1.29 is 17.6 Å². The zero-order valence-corrected chi connectivity index (χ0v) is 18.9. The average molecular weight is 460 g/mol. The lowest BCUT2D eigenvalue weighted by Gasteiger charge is -2.25. The van der Waals surface area contributed by atoms with E-state index in [9.17, 15) is 17.6 Å². The first-order valence-electron chi connectivity index (χ1n) is 10.5. The number of nitrogens with one attached hydrogen (secondary N) is 1. The van der Waals surface area contributed by atoms with Gasteiger partial charge in [-0.15, -0.1) is 0 Å². The van der Waals surface area contributed by atoms with Crippen molar-refractivity contribution in [3.8, 4) is 5.69 Å². The summed E-state index contributed by atoms with van der Waals surface area (Å²) in [6.07, 6.45) is 7.45. The van der Waals surface area contributed by atoms with Crippen LogP contribution in [0.3, 0.4) is 0 Å². The van der Waals surface area contributed by atoms with Crippen molar-refractivity contribution in [2.45, 2.75) is 37.6 Å². The molecule has 0 unspecified atom stereocenters. The van der Waals surface area contributed by atoms with Gasteiger partial charge >= 0.3 is 0 Å². The van der Waals surface area contributed by atoms with Gasteiger partial charge in [0, 0.05) is 45.3 Å². The molecule has 1 amide bonds. The van der Waals surface area contributed by atoms with Crippen LogP contribution in [0.2, 0.25) is 0 Å². The summed E-state index contributed by atoms with van der Waals surface area (Å²) in [6, 6.07) is 6.13. The van der Waals surface area contributed by atoms with Gasteiger partial charge in [-0.2, -0.15) is 4.31 Å². The number of piperidine rings is 1. The van der Waals surface area contributed by atoms with Gasteiger partial charge in [0.25, 0.3) is 5.91 Å². The lowest BCUT2D eigenvalue weighted by atomic mass is 10.2. The third-order valence-corrected chi connectivity index (χ3v) is 7.58. The molecule has 0 saturated carbocycles. The van der Waals surface area contributed by atoms with Crippen LogP contribution in [-0.2, 0) is 23.6 Å². The van der Waals surface area contributed by atoms with Crippen LogP contribution in [0.4, 0.5) is 4.39 Å². The molecule has 10 heteroatoms. The maximum absolute atomic E-state index is 14.6. The Hall–Kier alpha value is -2.98. The number of carbonyl (C=O) groups excluding carboxylic acids is 1. The average Bonchev–Trinajstić information content (AvgIpc) is 3.38. The van der Waals surface area contributed by atoms with Crippen LogP contribution in [0.1, 0.15) is 41.1 Å². The Kier molecular flexibility index (Phi) is 6.16. The number of carbonyl (C=O) groups is 1. The van der Waals surface area contributed by atoms with E-state index in [2.05, 4.69) is 10.3 Å². The first-order chi connectivity index (χ1) is 15.3. The Labute approximate surface area is 186 Å². The highest BCUT2D eigenvalue weighted by Gasteiger charge is 2.28. The number of amides is 1. The highest BCUT2D eigenvalue weighted by atomic mass is 32.2. The summed E-state index contributed by atoms with van der Waals surface area (Å²) in [6.45, 7) is 2.89. The van der Waals surface area contributed by atoms with Crippen LogP contribution in [0.15, 0.2) is 47.8 Å². The fourth-order valence-corrected chi connectivity index (χ4v) is 5.51. The summed E-state index contributed by atoms with van der Waals surface area (Å²) >= 11 is 0. The SMILES string of the molecule is Cc1nccn1-c1ccc(CNC(=O)c2cc(S(=O)(=O)N3CCCCC3)cn2C)cc1F. The van der Waals surface area contributed by atoms with Gasteiger partial charge in [-0.3, -0.25) is 4.79 Å². The molecule has 4 rings (SSSR count). The molecule has 8 nitrogen and oxygen atoms in total. The number of sulfonamides is 1. The van der Waals surface area contributed by atoms with E-state index in [0.29, 0.717) is 30.2 Å². The van der Waals surface area contributed by atoms with Crippen LogP contribution in [0.25, 0.3) is 5.69 Å². The van der Waals surface area contributed by atoms with Crippen molar-refractivity contribution in [2.24, 2.45) is 7.05 Å². The standard InChI is InChI=1S/C22H26FN5O3S/c1-16-24-8-11-28(16)20-7-6-17(12-19(20)23)14-25-22(29)21-13-18(15-26(21)2)32(30,31)27-9-4-3-5-10-27/h6-8,11-13,15H,3-5,9-10,14H2,1-2H3,(H,25,29). The molecule has 1 aliphatic heterocycles. The minimum atomic E-state index is -3.62. The van der Waals surface area contributed by atoms with E-state index in [0.717, 1.165) is 19.3 Å². The lowest BCUT2D eigenvalue weighted by Crippen LogP contribution is -2.35. The maximum atomic E-state index is 14.6. The molecule has 0 aliphatic carbocycles. The Bertz CT molecular complexity index is 1240. The zero-order chi connectivity index (χ0) is 22.9. The van der Waals surface area contributed by atoms with Crippen molar-refractivity contribution in [1.29, 1.82) is 0 Å². The molecule has 1 fully saturated rings. The number of nitrogens with zero attached hydrogens (tertiary/aromatic N) is 4. The van der Waals surface area contributed by atoms with E-state index in [-0.39, 0.29) is 17.1 Å². The summed E-state index contributed by atoms with van der Waals surface area (Å²) in [5.74, 6) is -0.182. The number of rotatable bonds is 6. The number of aromatic nitrogens is 3. The maximum Gasteiger partial charge on any atom is 0.268 e. The van der Waals surface area contributed by atoms with Crippen LogP contribution in [0.5, 0.6) is 0 Å². The van der Waals surface area contributed by atoms with Crippen LogP contribution in [0, 0.1) is 12.7 Å². The Morgan fingerprint density at radius 1 is 1.19 bits per heavy atom. The Morgan fingerprint density at radius 2 is 1.94 bits per heavy atom. The minimum Gasteiger partial charge on any atom is -0.347 e. The van der Waals surface area contributed by atoms with Gasteiger partial charge in [-0.05, 0) is 43.5 Å². The van der Waals surface area contributed by atoms with E-state index < -0.39 is 21.7 Å². The Balaban J connectivity index is 1.46. The number of hydrogen-bond donors (Lipinski definition) is 1. The number of hydrogen-bond acceptors (Lipinski definition) is 4. The van der Waals surface area contributed by atoms with Crippen molar-refractivity contribution in [1.82, 2.24) is 23.7 Å². The second-order valence-corrected chi connectivity index (χ2v) is 9.89. The molecule has 1 N–H and O–H groups in total. The minimum absolute atomic E-state index is 0.109. The number of aryl methyl sites for hydroxylation is 2. The van der Waals surface area contributed by atoms with Gasteiger partial charge in [0.2, 0.25) is 10.0 Å². The molecule has 0 spiro atoms. The lowest BCUT2D eigenvalue weighted by molar-refractivity contribution is 0.0942. The fourth-order valence-electron chi connectivity index (χ4n) is 3.92. The van der Waals surface area contributed by atoms with Gasteiger partial charge in [-0.1, -0.05) is 12.5 Å². The topological polar surface area (TPSA) is 89.2 Å². The van der Waals surface area contributed by atoms with E-state index in [1.54, 1.807) is 43.1 Å². The molecule has 2 aromatic heterocycles. The van der Waals surface area contributed by atoms with Gasteiger partial charge < -0.3 is 14.5 Å². The van der Waals surface area contributed by atoms with Gasteiger partial charge in [0.05, 0.1) is 5.69 Å². The van der Waals surface area contributed by atoms with Crippen LogP contribution in [-0.4, -0.2) is 45.8 Å². The predicted octanol–water partition coefficient (Wildman–Crippen LogP) is 2.76. The summed E-state index contributed by atoms with van der Waals surface area (Å²) in [4.78, 5) is 16.9. The molecule has 1 saturated heterocycles. The quantitative estimate of drug-likeness (QED) is 0.614. The summed E-state index contributed by atoms with van der Waals surface area (Å²) < 4.78 is 45.0. The number of imidazole rings is 1.